The predicted octanol–water partition coefficient (Wildman–Crippen LogP) is 4.74. The van der Waals surface area contributed by atoms with Crippen LogP contribution < -0.4 is 10.0 Å². The van der Waals surface area contributed by atoms with Gasteiger partial charge in [-0.3, -0.25) is 9.52 Å². The van der Waals surface area contributed by atoms with Crippen LogP contribution in [0.3, 0.4) is 0 Å². The summed E-state index contributed by atoms with van der Waals surface area (Å²) in [4.78, 5) is 12.2. The lowest BCUT2D eigenvalue weighted by atomic mass is 10.2. The third-order valence-corrected chi connectivity index (χ3v) is 5.56. The van der Waals surface area contributed by atoms with Gasteiger partial charge in [-0.2, -0.15) is 0 Å². The molecule has 0 heterocycles. The molecule has 7 heteroatoms. The van der Waals surface area contributed by atoms with Crippen molar-refractivity contribution >= 4 is 38.9 Å². The highest BCUT2D eigenvalue weighted by molar-refractivity contribution is 7.92. The van der Waals surface area contributed by atoms with Gasteiger partial charge in [0, 0.05) is 11.3 Å². The van der Waals surface area contributed by atoms with Crippen molar-refractivity contribution in [1.29, 1.82) is 0 Å². The van der Waals surface area contributed by atoms with Gasteiger partial charge in [-0.25, -0.2) is 8.42 Å². The van der Waals surface area contributed by atoms with E-state index in [-0.39, 0.29) is 10.8 Å². The number of para-hydroxylation sites is 1. The van der Waals surface area contributed by atoms with E-state index in [0.717, 1.165) is 6.42 Å². The van der Waals surface area contributed by atoms with Crippen molar-refractivity contribution in [2.24, 2.45) is 0 Å². The van der Waals surface area contributed by atoms with Crippen LogP contribution in [0.1, 0.15) is 25.8 Å². The molecule has 0 aliphatic heterocycles. The Kier molecular flexibility index (Phi) is 6.45. The number of sulfonamides is 1. The summed E-state index contributed by atoms with van der Waals surface area (Å²) < 4.78 is 28.0. The SMILES string of the molecule is CCC=C(C)C(=O)Nc1ccc(C)c(S(=O)(=O)Nc2ccccc2Cl)c1. The van der Waals surface area contributed by atoms with Crippen molar-refractivity contribution in [2.75, 3.05) is 10.0 Å². The van der Waals surface area contributed by atoms with E-state index >= 15 is 0 Å². The molecule has 26 heavy (non-hydrogen) atoms. The molecule has 0 atom stereocenters. The molecule has 2 aromatic rings. The van der Waals surface area contributed by atoms with Gasteiger partial charge in [0.2, 0.25) is 0 Å². The van der Waals surface area contributed by atoms with Crippen molar-refractivity contribution in [1.82, 2.24) is 0 Å². The second-order valence-electron chi connectivity index (χ2n) is 5.82. The van der Waals surface area contributed by atoms with Gasteiger partial charge in [0.25, 0.3) is 15.9 Å². The highest BCUT2D eigenvalue weighted by Gasteiger charge is 2.19. The van der Waals surface area contributed by atoms with Gasteiger partial charge in [-0.15, -0.1) is 0 Å². The molecule has 2 rings (SSSR count). The summed E-state index contributed by atoms with van der Waals surface area (Å²) in [6.45, 7) is 5.34. The van der Waals surface area contributed by atoms with Gasteiger partial charge < -0.3 is 5.32 Å². The molecule has 0 aliphatic carbocycles. The highest BCUT2D eigenvalue weighted by Crippen LogP contribution is 2.27. The minimum absolute atomic E-state index is 0.0762. The molecule has 0 unspecified atom stereocenters. The minimum Gasteiger partial charge on any atom is -0.322 e. The molecule has 0 saturated carbocycles. The molecule has 0 bridgehead atoms. The molecule has 1 amide bonds. The van der Waals surface area contributed by atoms with Crippen LogP contribution >= 0.6 is 11.6 Å². The number of aryl methyl sites for hydroxylation is 1. The Morgan fingerprint density at radius 3 is 2.54 bits per heavy atom. The van der Waals surface area contributed by atoms with E-state index in [1.54, 1.807) is 56.3 Å². The molecule has 0 aromatic heterocycles. The number of amides is 1. The van der Waals surface area contributed by atoms with Crippen LogP contribution in [0.15, 0.2) is 59.0 Å². The lowest BCUT2D eigenvalue weighted by molar-refractivity contribution is -0.112. The molecule has 0 aliphatic rings. The molecule has 0 radical (unpaired) electrons. The fourth-order valence-electron chi connectivity index (χ4n) is 2.34. The number of anilines is 2. The van der Waals surface area contributed by atoms with Crippen molar-refractivity contribution in [3.05, 3.63) is 64.7 Å². The monoisotopic (exact) mass is 392 g/mol. The largest absolute Gasteiger partial charge is 0.322 e. The Morgan fingerprint density at radius 2 is 1.88 bits per heavy atom. The van der Waals surface area contributed by atoms with E-state index in [1.807, 2.05) is 6.92 Å². The summed E-state index contributed by atoms with van der Waals surface area (Å²) in [5, 5.41) is 3.02. The zero-order valence-corrected chi connectivity index (χ0v) is 16.4. The van der Waals surface area contributed by atoms with E-state index in [2.05, 4.69) is 10.0 Å². The quantitative estimate of drug-likeness (QED) is 0.697. The first-order valence-corrected chi connectivity index (χ1v) is 9.97. The molecule has 2 aromatic carbocycles. The summed E-state index contributed by atoms with van der Waals surface area (Å²) in [6, 6.07) is 11.3. The standard InChI is InChI=1S/C19H21ClN2O3S/c1-4-7-14(3)19(23)21-15-11-10-13(2)18(12-15)26(24,25)22-17-9-6-5-8-16(17)20/h5-12,22H,4H2,1-3H3,(H,21,23). The van der Waals surface area contributed by atoms with Crippen molar-refractivity contribution in [2.45, 2.75) is 32.1 Å². The number of carbonyl (C=O) groups excluding carboxylic acids is 1. The molecule has 138 valence electrons. The van der Waals surface area contributed by atoms with Crippen LogP contribution in [-0.4, -0.2) is 14.3 Å². The number of benzene rings is 2. The smallest absolute Gasteiger partial charge is 0.262 e. The van der Waals surface area contributed by atoms with Gasteiger partial charge in [-0.05, 0) is 50.1 Å². The summed E-state index contributed by atoms with van der Waals surface area (Å²) >= 11 is 6.03. The van der Waals surface area contributed by atoms with E-state index in [1.165, 1.54) is 6.07 Å². The molecular formula is C19H21ClN2O3S. The number of carbonyl (C=O) groups is 1. The second kappa shape index (κ2) is 8.38. The Morgan fingerprint density at radius 1 is 1.19 bits per heavy atom. The third-order valence-electron chi connectivity index (χ3n) is 3.72. The minimum atomic E-state index is -3.86. The number of hydrogen-bond donors (Lipinski definition) is 2. The Balaban J connectivity index is 2.33. The summed E-state index contributed by atoms with van der Waals surface area (Å²) in [7, 11) is -3.86. The normalized spacial score (nSPS) is 11.9. The van der Waals surface area contributed by atoms with Crippen LogP contribution in [0.4, 0.5) is 11.4 Å². The first-order chi connectivity index (χ1) is 12.2. The average Bonchev–Trinajstić information content (AvgIpc) is 2.58. The Labute approximate surface area is 159 Å². The molecule has 2 N–H and O–H groups in total. The van der Waals surface area contributed by atoms with Crippen molar-refractivity contribution in [3.8, 4) is 0 Å². The van der Waals surface area contributed by atoms with E-state index < -0.39 is 10.0 Å². The topological polar surface area (TPSA) is 75.3 Å². The molecule has 0 spiro atoms. The maximum Gasteiger partial charge on any atom is 0.262 e. The van der Waals surface area contributed by atoms with E-state index in [9.17, 15) is 13.2 Å². The average molecular weight is 393 g/mol. The fraction of sp³-hybridized carbons (Fsp3) is 0.211. The molecular weight excluding hydrogens is 372 g/mol. The number of hydrogen-bond acceptors (Lipinski definition) is 3. The van der Waals surface area contributed by atoms with Gasteiger partial charge >= 0.3 is 0 Å². The summed E-state index contributed by atoms with van der Waals surface area (Å²) in [6.07, 6.45) is 2.55. The lowest BCUT2D eigenvalue weighted by Crippen LogP contribution is -2.16. The van der Waals surface area contributed by atoms with Crippen molar-refractivity contribution < 1.29 is 13.2 Å². The zero-order chi connectivity index (χ0) is 19.3. The van der Waals surface area contributed by atoms with Gasteiger partial charge in [0.15, 0.2) is 0 Å². The first kappa shape index (κ1) is 20.0. The summed E-state index contributed by atoms with van der Waals surface area (Å²) in [5.74, 6) is -0.266. The zero-order valence-electron chi connectivity index (χ0n) is 14.8. The third kappa shape index (κ3) is 4.86. The fourth-order valence-corrected chi connectivity index (χ4v) is 3.93. The van der Waals surface area contributed by atoms with E-state index in [4.69, 9.17) is 11.6 Å². The number of nitrogens with one attached hydrogen (secondary N) is 2. The van der Waals surface area contributed by atoms with Crippen molar-refractivity contribution in [3.63, 3.8) is 0 Å². The van der Waals surface area contributed by atoms with Crippen LogP contribution in [-0.2, 0) is 14.8 Å². The Hall–Kier alpha value is -2.31. The summed E-state index contributed by atoms with van der Waals surface area (Å²) in [5.41, 5.74) is 1.84. The van der Waals surface area contributed by atoms with Gasteiger partial charge in [0.05, 0.1) is 15.6 Å². The maximum atomic E-state index is 12.8. The number of rotatable bonds is 6. The van der Waals surface area contributed by atoms with E-state index in [0.29, 0.717) is 27.5 Å². The lowest BCUT2D eigenvalue weighted by Gasteiger charge is -2.13. The van der Waals surface area contributed by atoms with Gasteiger partial charge in [-0.1, -0.05) is 42.8 Å². The van der Waals surface area contributed by atoms with Gasteiger partial charge in [0.1, 0.15) is 0 Å². The van der Waals surface area contributed by atoms with Crippen LogP contribution in [0.2, 0.25) is 5.02 Å². The molecule has 0 saturated heterocycles. The highest BCUT2D eigenvalue weighted by atomic mass is 35.5. The van der Waals surface area contributed by atoms with Crippen LogP contribution in [0.25, 0.3) is 0 Å². The molecule has 0 fully saturated rings. The molecule has 5 nitrogen and oxygen atoms in total. The predicted molar refractivity (Wildman–Crippen MR) is 106 cm³/mol. The maximum absolute atomic E-state index is 12.8. The number of halogens is 1. The Bertz CT molecular complexity index is 953. The van der Waals surface area contributed by atoms with Crippen LogP contribution in [0.5, 0.6) is 0 Å². The van der Waals surface area contributed by atoms with Crippen LogP contribution in [0, 0.1) is 6.92 Å². The first-order valence-electron chi connectivity index (χ1n) is 8.10. The second-order valence-corrected chi connectivity index (χ2v) is 7.87. The number of allylic oxidation sites excluding steroid dienone is 1.